The largest absolute Gasteiger partial charge is 0.352 e. The van der Waals surface area contributed by atoms with Gasteiger partial charge in [-0.2, -0.15) is 0 Å². The number of carbonyl (C=O) groups is 1. The van der Waals surface area contributed by atoms with Gasteiger partial charge in [0.25, 0.3) is 5.91 Å². The molecule has 2 aromatic rings. The van der Waals surface area contributed by atoms with Gasteiger partial charge in [-0.15, -0.1) is 0 Å². The summed E-state index contributed by atoms with van der Waals surface area (Å²) in [4.78, 5) is 16.6. The van der Waals surface area contributed by atoms with Crippen LogP contribution in [-0.2, 0) is 0 Å². The summed E-state index contributed by atoms with van der Waals surface area (Å²) in [5, 5.41) is 7.36. The maximum absolute atomic E-state index is 12.3. The van der Waals surface area contributed by atoms with Crippen LogP contribution >= 0.6 is 0 Å². The molecule has 4 nitrogen and oxygen atoms in total. The third kappa shape index (κ3) is 2.80. The molecule has 1 aromatic carbocycles. The van der Waals surface area contributed by atoms with Crippen molar-refractivity contribution >= 4 is 16.8 Å². The van der Waals surface area contributed by atoms with Crippen LogP contribution in [0.2, 0.25) is 0 Å². The lowest BCUT2D eigenvalue weighted by Crippen LogP contribution is -2.30. The quantitative estimate of drug-likeness (QED) is 0.893. The molecular weight excluding hydrogens is 250 g/mol. The lowest BCUT2D eigenvalue weighted by Gasteiger charge is -2.11. The van der Waals surface area contributed by atoms with E-state index in [0.29, 0.717) is 18.2 Å². The summed E-state index contributed by atoms with van der Waals surface area (Å²) in [5.41, 5.74) is 1.56. The van der Waals surface area contributed by atoms with Crippen molar-refractivity contribution in [2.75, 3.05) is 13.1 Å². The SMILES string of the molecule is O=C(NCCC1CCCN1)c1cccc2ncccc12. The van der Waals surface area contributed by atoms with Crippen LogP contribution in [0.1, 0.15) is 29.6 Å². The standard InChI is InChI=1S/C16H19N3O/c20-16(19-11-8-12-4-2-9-17-12)14-5-1-7-15-13(14)6-3-10-18-15/h1,3,5-7,10,12,17H,2,4,8-9,11H2,(H,19,20). The van der Waals surface area contributed by atoms with Gasteiger partial charge in [-0.1, -0.05) is 12.1 Å². The van der Waals surface area contributed by atoms with Crippen molar-refractivity contribution in [2.24, 2.45) is 0 Å². The number of benzene rings is 1. The Hall–Kier alpha value is -1.94. The van der Waals surface area contributed by atoms with Gasteiger partial charge in [0.1, 0.15) is 0 Å². The van der Waals surface area contributed by atoms with Crippen LogP contribution in [0, 0.1) is 0 Å². The molecule has 2 heterocycles. The Morgan fingerprint density at radius 3 is 3.15 bits per heavy atom. The third-order valence-corrected chi connectivity index (χ3v) is 3.83. The molecule has 1 amide bonds. The normalized spacial score (nSPS) is 18.3. The van der Waals surface area contributed by atoms with Gasteiger partial charge in [-0.05, 0) is 44.0 Å². The lowest BCUT2D eigenvalue weighted by molar-refractivity contribution is 0.0954. The summed E-state index contributed by atoms with van der Waals surface area (Å²) in [6.07, 6.45) is 5.20. The molecule has 1 unspecified atom stereocenters. The number of pyridine rings is 1. The van der Waals surface area contributed by atoms with E-state index in [2.05, 4.69) is 15.6 Å². The maximum Gasteiger partial charge on any atom is 0.251 e. The molecule has 1 fully saturated rings. The first-order valence-corrected chi connectivity index (χ1v) is 7.20. The van der Waals surface area contributed by atoms with E-state index in [0.717, 1.165) is 23.9 Å². The predicted molar refractivity (Wildman–Crippen MR) is 79.7 cm³/mol. The molecule has 0 aliphatic carbocycles. The minimum Gasteiger partial charge on any atom is -0.352 e. The van der Waals surface area contributed by atoms with E-state index in [-0.39, 0.29) is 5.91 Å². The number of carbonyl (C=O) groups excluding carboxylic acids is 1. The first-order chi connectivity index (χ1) is 9.84. The number of nitrogens with one attached hydrogen (secondary N) is 2. The van der Waals surface area contributed by atoms with E-state index in [1.54, 1.807) is 6.20 Å². The molecule has 0 saturated carbocycles. The number of nitrogens with zero attached hydrogens (tertiary/aromatic N) is 1. The van der Waals surface area contributed by atoms with Crippen LogP contribution < -0.4 is 10.6 Å². The summed E-state index contributed by atoms with van der Waals surface area (Å²) in [5.74, 6) is -0.0124. The van der Waals surface area contributed by atoms with Gasteiger partial charge in [0, 0.05) is 29.7 Å². The van der Waals surface area contributed by atoms with Crippen LogP contribution in [0.3, 0.4) is 0 Å². The molecule has 0 radical (unpaired) electrons. The molecule has 1 atom stereocenters. The Balaban J connectivity index is 1.66. The van der Waals surface area contributed by atoms with Gasteiger partial charge in [-0.25, -0.2) is 0 Å². The Labute approximate surface area is 118 Å². The Kier molecular flexibility index (Phi) is 3.92. The smallest absolute Gasteiger partial charge is 0.251 e. The van der Waals surface area contributed by atoms with E-state index >= 15 is 0 Å². The van der Waals surface area contributed by atoms with Crippen LogP contribution in [-0.4, -0.2) is 30.0 Å². The van der Waals surface area contributed by atoms with E-state index < -0.39 is 0 Å². The average molecular weight is 269 g/mol. The van der Waals surface area contributed by atoms with Gasteiger partial charge in [0.2, 0.25) is 0 Å². The predicted octanol–water partition coefficient (Wildman–Crippen LogP) is 2.11. The molecule has 1 aromatic heterocycles. The average Bonchev–Trinajstić information content (AvgIpc) is 3.00. The van der Waals surface area contributed by atoms with Gasteiger partial charge < -0.3 is 10.6 Å². The fraction of sp³-hybridized carbons (Fsp3) is 0.375. The van der Waals surface area contributed by atoms with Crippen LogP contribution in [0.15, 0.2) is 36.5 Å². The number of aromatic nitrogens is 1. The Morgan fingerprint density at radius 1 is 1.35 bits per heavy atom. The van der Waals surface area contributed by atoms with Crippen molar-refractivity contribution in [1.82, 2.24) is 15.6 Å². The summed E-state index contributed by atoms with van der Waals surface area (Å²) < 4.78 is 0. The molecule has 2 N–H and O–H groups in total. The third-order valence-electron chi connectivity index (χ3n) is 3.83. The molecular formula is C16H19N3O. The van der Waals surface area contributed by atoms with Crippen molar-refractivity contribution in [3.8, 4) is 0 Å². The first-order valence-electron chi connectivity index (χ1n) is 7.20. The summed E-state index contributed by atoms with van der Waals surface area (Å²) in [7, 11) is 0. The van der Waals surface area contributed by atoms with Crippen molar-refractivity contribution < 1.29 is 4.79 Å². The van der Waals surface area contributed by atoms with Gasteiger partial charge in [0.05, 0.1) is 5.52 Å². The van der Waals surface area contributed by atoms with Crippen molar-refractivity contribution in [3.05, 3.63) is 42.1 Å². The van der Waals surface area contributed by atoms with E-state index in [4.69, 9.17) is 0 Å². The molecule has 104 valence electrons. The zero-order chi connectivity index (χ0) is 13.8. The zero-order valence-electron chi connectivity index (χ0n) is 11.4. The minimum absolute atomic E-state index is 0.0124. The zero-order valence-corrected chi connectivity index (χ0v) is 11.4. The summed E-state index contributed by atoms with van der Waals surface area (Å²) in [6, 6.07) is 10.0. The van der Waals surface area contributed by atoms with Crippen molar-refractivity contribution in [2.45, 2.75) is 25.3 Å². The summed E-state index contributed by atoms with van der Waals surface area (Å²) in [6.45, 7) is 1.82. The Morgan fingerprint density at radius 2 is 2.30 bits per heavy atom. The van der Waals surface area contributed by atoms with Crippen LogP contribution in [0.25, 0.3) is 10.9 Å². The van der Waals surface area contributed by atoms with Gasteiger partial charge >= 0.3 is 0 Å². The highest BCUT2D eigenvalue weighted by molar-refractivity contribution is 6.06. The van der Waals surface area contributed by atoms with E-state index in [9.17, 15) is 4.79 Å². The number of rotatable bonds is 4. The highest BCUT2D eigenvalue weighted by atomic mass is 16.1. The second-order valence-electron chi connectivity index (χ2n) is 5.21. The van der Waals surface area contributed by atoms with Crippen molar-refractivity contribution in [3.63, 3.8) is 0 Å². The molecule has 3 rings (SSSR count). The molecule has 1 aliphatic heterocycles. The lowest BCUT2D eigenvalue weighted by atomic mass is 10.1. The molecule has 0 bridgehead atoms. The fourth-order valence-electron chi connectivity index (χ4n) is 2.76. The fourth-order valence-corrected chi connectivity index (χ4v) is 2.76. The molecule has 1 aliphatic rings. The second-order valence-corrected chi connectivity index (χ2v) is 5.21. The molecule has 0 spiro atoms. The number of fused-ring (bicyclic) bond motifs is 1. The number of hydrogen-bond donors (Lipinski definition) is 2. The van der Waals surface area contributed by atoms with Gasteiger partial charge in [-0.3, -0.25) is 9.78 Å². The van der Waals surface area contributed by atoms with E-state index in [1.807, 2.05) is 30.3 Å². The number of hydrogen-bond acceptors (Lipinski definition) is 3. The highest BCUT2D eigenvalue weighted by Crippen LogP contribution is 2.16. The molecule has 4 heteroatoms. The molecule has 20 heavy (non-hydrogen) atoms. The van der Waals surface area contributed by atoms with E-state index in [1.165, 1.54) is 12.8 Å². The first kappa shape index (κ1) is 13.1. The van der Waals surface area contributed by atoms with Crippen LogP contribution in [0.5, 0.6) is 0 Å². The van der Waals surface area contributed by atoms with Crippen LogP contribution in [0.4, 0.5) is 0 Å². The van der Waals surface area contributed by atoms with Crippen molar-refractivity contribution in [1.29, 1.82) is 0 Å². The van der Waals surface area contributed by atoms with Gasteiger partial charge in [0.15, 0.2) is 0 Å². The Bertz CT molecular complexity index is 600. The highest BCUT2D eigenvalue weighted by Gasteiger charge is 2.14. The number of amides is 1. The monoisotopic (exact) mass is 269 g/mol. The maximum atomic E-state index is 12.3. The molecule has 1 saturated heterocycles. The topological polar surface area (TPSA) is 54.0 Å². The second kappa shape index (κ2) is 6.01. The minimum atomic E-state index is -0.0124. The summed E-state index contributed by atoms with van der Waals surface area (Å²) >= 11 is 0.